The quantitative estimate of drug-likeness (QED) is 0.664. The van der Waals surface area contributed by atoms with Gasteiger partial charge < -0.3 is 10.2 Å². The predicted octanol–water partition coefficient (Wildman–Crippen LogP) is 3.55. The van der Waals surface area contributed by atoms with Gasteiger partial charge in [-0.25, -0.2) is 8.78 Å². The number of hydrogen-bond acceptors (Lipinski definition) is 5. The van der Waals surface area contributed by atoms with Crippen LogP contribution in [0.2, 0.25) is 0 Å². The number of amides is 2. The van der Waals surface area contributed by atoms with E-state index in [2.05, 4.69) is 5.32 Å². The van der Waals surface area contributed by atoms with Crippen LogP contribution in [0.15, 0.2) is 48.5 Å². The van der Waals surface area contributed by atoms with Gasteiger partial charge in [-0.1, -0.05) is 42.5 Å². The second-order valence-electron chi connectivity index (χ2n) is 7.12. The summed E-state index contributed by atoms with van der Waals surface area (Å²) in [6.45, 7) is 2.39. The number of rotatable bonds is 6. The van der Waals surface area contributed by atoms with Gasteiger partial charge in [-0.05, 0) is 24.1 Å². The van der Waals surface area contributed by atoms with Crippen LogP contribution < -0.4 is 5.32 Å². The molecule has 2 aromatic carbocycles. The largest absolute Gasteiger partial charge is 0.341 e. The summed E-state index contributed by atoms with van der Waals surface area (Å²) in [6.07, 6.45) is 0.734. The average molecular weight is 464 g/mol. The van der Waals surface area contributed by atoms with Crippen LogP contribution in [0.1, 0.15) is 12.0 Å². The van der Waals surface area contributed by atoms with Crippen molar-refractivity contribution in [3.63, 3.8) is 0 Å². The van der Waals surface area contributed by atoms with Crippen LogP contribution in [0.5, 0.6) is 0 Å². The minimum atomic E-state index is -0.813. The highest BCUT2D eigenvalue weighted by molar-refractivity contribution is 8.24. The predicted molar refractivity (Wildman–Crippen MR) is 123 cm³/mol. The molecule has 1 N–H and O–H groups in total. The molecule has 0 aromatic heterocycles. The number of thioether (sulfide) groups is 1. The van der Waals surface area contributed by atoms with E-state index < -0.39 is 11.6 Å². The van der Waals surface area contributed by atoms with E-state index >= 15 is 0 Å². The monoisotopic (exact) mass is 463 g/mol. The lowest BCUT2D eigenvalue weighted by molar-refractivity contribution is -0.128. The number of thiocarbonyl (C=S) groups is 1. The highest BCUT2D eigenvalue weighted by Crippen LogP contribution is 2.16. The molecule has 164 valence electrons. The van der Waals surface area contributed by atoms with Crippen molar-refractivity contribution in [1.29, 1.82) is 0 Å². The fourth-order valence-corrected chi connectivity index (χ4v) is 4.29. The Bertz CT molecular complexity index is 944. The molecule has 2 amide bonds. The Hall–Kier alpha value is -2.36. The zero-order chi connectivity index (χ0) is 22.2. The number of halogens is 2. The topological polar surface area (TPSA) is 52.7 Å². The first-order chi connectivity index (χ1) is 14.9. The lowest BCUT2D eigenvalue weighted by Gasteiger charge is -2.21. The van der Waals surface area contributed by atoms with Gasteiger partial charge in [0.2, 0.25) is 11.8 Å². The fourth-order valence-electron chi connectivity index (χ4n) is 3.24. The van der Waals surface area contributed by atoms with Crippen LogP contribution in [0.3, 0.4) is 0 Å². The number of benzene rings is 2. The Labute approximate surface area is 189 Å². The Kier molecular flexibility index (Phi) is 8.51. The van der Waals surface area contributed by atoms with Gasteiger partial charge in [0.05, 0.1) is 22.2 Å². The third-order valence-corrected chi connectivity index (χ3v) is 6.33. The smallest absolute Gasteiger partial charge is 0.238 e. The molecule has 0 atom stereocenters. The first-order valence-electron chi connectivity index (χ1n) is 9.89. The van der Waals surface area contributed by atoms with Crippen molar-refractivity contribution >= 4 is 45.7 Å². The molecule has 0 saturated carbocycles. The van der Waals surface area contributed by atoms with Gasteiger partial charge in [0.15, 0.2) is 0 Å². The number of nitrogens with zero attached hydrogens (tertiary/aromatic N) is 2. The summed E-state index contributed by atoms with van der Waals surface area (Å²) in [5.41, 5.74) is 0.880. The minimum absolute atomic E-state index is 0.0166. The summed E-state index contributed by atoms with van der Waals surface area (Å²) in [4.78, 5) is 28.6. The standard InChI is InChI=1S/C22H23F2N3O2S2/c23-17-7-8-19(18(24)13-17)25-20(28)14-26-9-4-10-27(12-11-26)21(29)15-31-22(30)16-5-2-1-3-6-16/h1-3,5-8,13H,4,9-12,14-15H2,(H,25,28). The van der Waals surface area contributed by atoms with Crippen molar-refractivity contribution in [2.24, 2.45) is 0 Å². The first kappa shape index (κ1) is 23.3. The molecule has 0 radical (unpaired) electrons. The highest BCUT2D eigenvalue weighted by Gasteiger charge is 2.21. The maximum Gasteiger partial charge on any atom is 0.238 e. The normalized spacial score (nSPS) is 14.7. The zero-order valence-electron chi connectivity index (χ0n) is 16.9. The van der Waals surface area contributed by atoms with Gasteiger partial charge in [-0.15, -0.1) is 11.8 Å². The maximum atomic E-state index is 13.7. The van der Waals surface area contributed by atoms with Gasteiger partial charge in [-0.2, -0.15) is 0 Å². The molecule has 1 heterocycles. The molecular weight excluding hydrogens is 440 g/mol. The van der Waals surface area contributed by atoms with Gasteiger partial charge in [0, 0.05) is 32.2 Å². The van der Waals surface area contributed by atoms with Crippen LogP contribution in [0.4, 0.5) is 14.5 Å². The summed E-state index contributed by atoms with van der Waals surface area (Å²) in [5, 5.41) is 2.47. The average Bonchev–Trinajstić information content (AvgIpc) is 3.00. The molecule has 9 heteroatoms. The Morgan fingerprint density at radius 1 is 1.03 bits per heavy atom. The van der Waals surface area contributed by atoms with E-state index in [1.165, 1.54) is 17.8 Å². The van der Waals surface area contributed by atoms with Crippen LogP contribution in [0, 0.1) is 11.6 Å². The lowest BCUT2D eigenvalue weighted by atomic mass is 10.2. The summed E-state index contributed by atoms with van der Waals surface area (Å²) in [6, 6.07) is 12.6. The summed E-state index contributed by atoms with van der Waals surface area (Å²) in [7, 11) is 0. The molecular formula is C22H23F2N3O2S2. The third-order valence-electron chi connectivity index (χ3n) is 4.85. The van der Waals surface area contributed by atoms with E-state index in [4.69, 9.17) is 12.2 Å². The second kappa shape index (κ2) is 11.3. The summed E-state index contributed by atoms with van der Waals surface area (Å²) >= 11 is 6.75. The van der Waals surface area contributed by atoms with Crippen LogP contribution in [-0.4, -0.2) is 64.3 Å². The van der Waals surface area contributed by atoms with Crippen LogP contribution in [0.25, 0.3) is 0 Å². The Morgan fingerprint density at radius 3 is 2.55 bits per heavy atom. The number of anilines is 1. The Morgan fingerprint density at radius 2 is 1.81 bits per heavy atom. The van der Waals surface area contributed by atoms with E-state index in [1.807, 2.05) is 35.2 Å². The van der Waals surface area contributed by atoms with Gasteiger partial charge in [0.1, 0.15) is 11.6 Å². The zero-order valence-corrected chi connectivity index (χ0v) is 18.5. The molecule has 1 saturated heterocycles. The molecule has 1 aliphatic rings. The van der Waals surface area contributed by atoms with E-state index in [0.717, 1.165) is 24.1 Å². The molecule has 0 aliphatic carbocycles. The molecule has 3 rings (SSSR count). The maximum absolute atomic E-state index is 13.7. The SMILES string of the molecule is O=C(CN1CCCN(C(=O)CSC(=S)c2ccccc2)CC1)Nc1ccc(F)cc1F. The summed E-state index contributed by atoms with van der Waals surface area (Å²) in [5.74, 6) is -1.60. The lowest BCUT2D eigenvalue weighted by Crippen LogP contribution is -2.38. The van der Waals surface area contributed by atoms with E-state index in [9.17, 15) is 18.4 Å². The van der Waals surface area contributed by atoms with Gasteiger partial charge >= 0.3 is 0 Å². The Balaban J connectivity index is 1.44. The molecule has 0 unspecified atom stereocenters. The molecule has 31 heavy (non-hydrogen) atoms. The summed E-state index contributed by atoms with van der Waals surface area (Å²) < 4.78 is 27.4. The van der Waals surface area contributed by atoms with Crippen molar-refractivity contribution in [2.45, 2.75) is 6.42 Å². The van der Waals surface area contributed by atoms with Crippen LogP contribution in [-0.2, 0) is 9.59 Å². The number of nitrogens with one attached hydrogen (secondary N) is 1. The minimum Gasteiger partial charge on any atom is -0.341 e. The molecule has 1 aliphatic heterocycles. The molecule has 0 bridgehead atoms. The van der Waals surface area contributed by atoms with Crippen molar-refractivity contribution in [3.05, 3.63) is 65.7 Å². The highest BCUT2D eigenvalue weighted by atomic mass is 32.2. The first-order valence-corrected chi connectivity index (χ1v) is 11.3. The van der Waals surface area contributed by atoms with Crippen molar-refractivity contribution in [3.8, 4) is 0 Å². The molecule has 1 fully saturated rings. The van der Waals surface area contributed by atoms with Crippen molar-refractivity contribution in [1.82, 2.24) is 9.80 Å². The van der Waals surface area contributed by atoms with Gasteiger partial charge in [-0.3, -0.25) is 14.5 Å². The van der Waals surface area contributed by atoms with Gasteiger partial charge in [0.25, 0.3) is 0 Å². The van der Waals surface area contributed by atoms with E-state index in [1.54, 1.807) is 4.90 Å². The number of hydrogen-bond donors (Lipinski definition) is 1. The molecule has 2 aromatic rings. The van der Waals surface area contributed by atoms with Crippen molar-refractivity contribution < 1.29 is 18.4 Å². The number of carbonyl (C=O) groups is 2. The van der Waals surface area contributed by atoms with E-state index in [0.29, 0.717) is 30.4 Å². The fraction of sp³-hybridized carbons (Fsp3) is 0.318. The van der Waals surface area contributed by atoms with Crippen LogP contribution >= 0.6 is 24.0 Å². The molecule has 0 spiro atoms. The second-order valence-corrected chi connectivity index (χ2v) is 8.78. The van der Waals surface area contributed by atoms with Crippen molar-refractivity contribution in [2.75, 3.05) is 43.8 Å². The van der Waals surface area contributed by atoms with E-state index in [-0.39, 0.29) is 29.8 Å². The third kappa shape index (κ3) is 7.09. The number of carbonyl (C=O) groups excluding carboxylic acids is 2. The molecule has 5 nitrogen and oxygen atoms in total.